The monoisotopic (exact) mass is 156 g/mol. The predicted molar refractivity (Wildman–Crippen MR) is 38.9 cm³/mol. The Kier molecular flexibility index (Phi) is 2.44. The summed E-state index contributed by atoms with van der Waals surface area (Å²) in [6.45, 7) is -0.0863. The molecule has 0 amide bonds. The second kappa shape index (κ2) is 3.34. The summed E-state index contributed by atoms with van der Waals surface area (Å²) in [6, 6.07) is 3.67. The number of aliphatic hydroxyl groups is 1. The van der Waals surface area contributed by atoms with Gasteiger partial charge >= 0.3 is 0 Å². The maximum atomic E-state index is 12.5. The first-order valence-corrected chi connectivity index (χ1v) is 3.32. The molecule has 1 rings (SSSR count). The van der Waals surface area contributed by atoms with E-state index in [1.54, 1.807) is 0 Å². The molecule has 0 unspecified atom stereocenters. The van der Waals surface area contributed by atoms with Gasteiger partial charge in [0, 0.05) is 6.61 Å². The molecule has 0 aromatic heterocycles. The van der Waals surface area contributed by atoms with E-state index >= 15 is 0 Å². The van der Waals surface area contributed by atoms with Gasteiger partial charge in [-0.25, -0.2) is 4.39 Å². The van der Waals surface area contributed by atoms with Crippen LogP contribution in [0.1, 0.15) is 5.56 Å². The van der Waals surface area contributed by atoms with E-state index in [1.165, 1.54) is 18.2 Å². The van der Waals surface area contributed by atoms with Gasteiger partial charge in [0.15, 0.2) is 0 Å². The summed E-state index contributed by atoms with van der Waals surface area (Å²) in [7, 11) is 0. The highest BCUT2D eigenvalue weighted by molar-refractivity contribution is 5.32. The summed E-state index contributed by atoms with van der Waals surface area (Å²) in [4.78, 5) is 0. The van der Waals surface area contributed by atoms with Gasteiger partial charge in [0.2, 0.25) is 0 Å². The molecular formula is C8H9FO2. The van der Waals surface area contributed by atoms with Crippen molar-refractivity contribution in [2.45, 2.75) is 6.42 Å². The van der Waals surface area contributed by atoms with E-state index in [0.29, 0.717) is 5.56 Å². The molecule has 0 saturated carbocycles. The van der Waals surface area contributed by atoms with Crippen LogP contribution < -0.4 is 0 Å². The van der Waals surface area contributed by atoms with E-state index in [0.717, 1.165) is 0 Å². The minimum Gasteiger partial charge on any atom is -0.508 e. The summed E-state index contributed by atoms with van der Waals surface area (Å²) in [5.41, 5.74) is 0.438. The van der Waals surface area contributed by atoms with Gasteiger partial charge in [0.05, 0.1) is 0 Å². The molecule has 0 saturated heterocycles. The predicted octanol–water partition coefficient (Wildman–Crippen LogP) is 1.07. The number of benzene rings is 1. The molecule has 0 aliphatic rings. The molecule has 1 aromatic rings. The molecule has 0 aliphatic heterocycles. The molecule has 0 atom stereocenters. The van der Waals surface area contributed by atoms with Crippen molar-refractivity contribution in [3.8, 4) is 5.75 Å². The van der Waals surface area contributed by atoms with Crippen LogP contribution in [0.4, 0.5) is 4.39 Å². The molecule has 0 heterocycles. The minimum absolute atomic E-state index is 0.0282. The van der Waals surface area contributed by atoms with E-state index in [-0.39, 0.29) is 18.8 Å². The maximum absolute atomic E-state index is 12.5. The molecule has 11 heavy (non-hydrogen) atoms. The molecule has 3 heteroatoms. The van der Waals surface area contributed by atoms with Crippen molar-refractivity contribution in [1.82, 2.24) is 0 Å². The van der Waals surface area contributed by atoms with Crippen LogP contribution in [0.5, 0.6) is 5.75 Å². The highest BCUT2D eigenvalue weighted by atomic mass is 19.1. The summed E-state index contributed by atoms with van der Waals surface area (Å²) in [6.07, 6.45) is 0.281. The smallest absolute Gasteiger partial charge is 0.123 e. The van der Waals surface area contributed by atoms with Crippen LogP contribution >= 0.6 is 0 Å². The van der Waals surface area contributed by atoms with E-state index < -0.39 is 5.82 Å². The third-order valence-electron chi connectivity index (χ3n) is 1.42. The normalized spacial score (nSPS) is 10.0. The van der Waals surface area contributed by atoms with Crippen LogP contribution in [0, 0.1) is 5.82 Å². The molecular weight excluding hydrogens is 147 g/mol. The fourth-order valence-corrected chi connectivity index (χ4v) is 0.875. The number of phenolic OH excluding ortho intramolecular Hbond substituents is 1. The number of aliphatic hydroxyl groups excluding tert-OH is 1. The minimum atomic E-state index is -0.397. The Bertz CT molecular complexity index is 248. The van der Waals surface area contributed by atoms with Crippen molar-refractivity contribution in [2.75, 3.05) is 6.61 Å². The van der Waals surface area contributed by atoms with Gasteiger partial charge in [0.25, 0.3) is 0 Å². The second-order valence-electron chi connectivity index (χ2n) is 2.25. The number of phenols is 1. The fraction of sp³-hybridized carbons (Fsp3) is 0.250. The molecule has 0 spiro atoms. The van der Waals surface area contributed by atoms with Crippen LogP contribution in [0.3, 0.4) is 0 Å². The lowest BCUT2D eigenvalue weighted by Gasteiger charge is -2.00. The molecule has 2 N–H and O–H groups in total. The largest absolute Gasteiger partial charge is 0.508 e. The Balaban J connectivity index is 2.93. The molecule has 0 bridgehead atoms. The van der Waals surface area contributed by atoms with E-state index in [1.807, 2.05) is 0 Å². The standard InChI is InChI=1S/C8H9FO2/c9-7-1-2-8(11)6(5-7)3-4-10/h1-2,5,10-11H,3-4H2. The molecule has 2 nitrogen and oxygen atoms in total. The van der Waals surface area contributed by atoms with E-state index in [9.17, 15) is 4.39 Å². The van der Waals surface area contributed by atoms with Gasteiger partial charge in [-0.05, 0) is 30.2 Å². The Morgan fingerprint density at radius 1 is 1.36 bits per heavy atom. The van der Waals surface area contributed by atoms with Crippen molar-refractivity contribution in [1.29, 1.82) is 0 Å². The third-order valence-corrected chi connectivity index (χ3v) is 1.42. The summed E-state index contributed by atoms with van der Waals surface area (Å²) >= 11 is 0. The van der Waals surface area contributed by atoms with Crippen LogP contribution in [-0.4, -0.2) is 16.8 Å². The van der Waals surface area contributed by atoms with Crippen molar-refractivity contribution in [2.24, 2.45) is 0 Å². The molecule has 0 radical (unpaired) electrons. The summed E-state index contributed by atoms with van der Waals surface area (Å²) in [5, 5.41) is 17.6. The second-order valence-corrected chi connectivity index (χ2v) is 2.25. The fourth-order valence-electron chi connectivity index (χ4n) is 0.875. The van der Waals surface area contributed by atoms with Gasteiger partial charge in [-0.15, -0.1) is 0 Å². The quantitative estimate of drug-likeness (QED) is 0.672. The lowest BCUT2D eigenvalue weighted by molar-refractivity contribution is 0.297. The van der Waals surface area contributed by atoms with Crippen LogP contribution in [0.25, 0.3) is 0 Å². The average molecular weight is 156 g/mol. The molecule has 0 fully saturated rings. The highest BCUT2D eigenvalue weighted by Gasteiger charge is 2.00. The van der Waals surface area contributed by atoms with E-state index in [2.05, 4.69) is 0 Å². The first-order chi connectivity index (χ1) is 5.24. The zero-order valence-electron chi connectivity index (χ0n) is 5.92. The Hall–Kier alpha value is -1.09. The Labute approximate surface area is 63.9 Å². The number of rotatable bonds is 2. The molecule has 0 aliphatic carbocycles. The lowest BCUT2D eigenvalue weighted by atomic mass is 10.1. The van der Waals surface area contributed by atoms with Crippen molar-refractivity contribution >= 4 is 0 Å². The van der Waals surface area contributed by atoms with Crippen LogP contribution in [0.2, 0.25) is 0 Å². The maximum Gasteiger partial charge on any atom is 0.123 e. The van der Waals surface area contributed by atoms with Crippen molar-refractivity contribution in [3.05, 3.63) is 29.6 Å². The number of hydrogen-bond donors (Lipinski definition) is 2. The van der Waals surface area contributed by atoms with Crippen molar-refractivity contribution < 1.29 is 14.6 Å². The summed E-state index contributed by atoms with van der Waals surface area (Å²) in [5.74, 6) is -0.369. The highest BCUT2D eigenvalue weighted by Crippen LogP contribution is 2.17. The molecule has 1 aromatic carbocycles. The molecule has 60 valence electrons. The third kappa shape index (κ3) is 1.91. The van der Waals surface area contributed by atoms with Gasteiger partial charge in [-0.1, -0.05) is 0 Å². The SMILES string of the molecule is OCCc1cc(F)ccc1O. The van der Waals surface area contributed by atoms with Gasteiger partial charge in [-0.3, -0.25) is 0 Å². The Morgan fingerprint density at radius 3 is 2.73 bits per heavy atom. The lowest BCUT2D eigenvalue weighted by Crippen LogP contribution is -1.91. The Morgan fingerprint density at radius 2 is 2.09 bits per heavy atom. The van der Waals surface area contributed by atoms with Gasteiger partial charge in [0.1, 0.15) is 11.6 Å². The number of aromatic hydroxyl groups is 1. The first kappa shape index (κ1) is 8.01. The zero-order valence-corrected chi connectivity index (χ0v) is 5.92. The topological polar surface area (TPSA) is 40.5 Å². The number of hydrogen-bond acceptors (Lipinski definition) is 2. The summed E-state index contributed by atoms with van der Waals surface area (Å²) < 4.78 is 12.5. The van der Waals surface area contributed by atoms with Crippen LogP contribution in [0.15, 0.2) is 18.2 Å². The first-order valence-electron chi connectivity index (χ1n) is 3.32. The zero-order chi connectivity index (χ0) is 8.27. The van der Waals surface area contributed by atoms with Gasteiger partial charge < -0.3 is 10.2 Å². The van der Waals surface area contributed by atoms with Gasteiger partial charge in [-0.2, -0.15) is 0 Å². The van der Waals surface area contributed by atoms with E-state index in [4.69, 9.17) is 10.2 Å². The average Bonchev–Trinajstić information content (AvgIpc) is 1.98. The number of halogens is 1. The van der Waals surface area contributed by atoms with Crippen molar-refractivity contribution in [3.63, 3.8) is 0 Å². The van der Waals surface area contributed by atoms with Crippen LogP contribution in [-0.2, 0) is 6.42 Å².